The van der Waals surface area contributed by atoms with Gasteiger partial charge in [0.05, 0.1) is 0 Å². The third kappa shape index (κ3) is 3.64. The van der Waals surface area contributed by atoms with Gasteiger partial charge in [-0.2, -0.15) is 17.4 Å². The largest absolute Gasteiger partial charge is 0.396 e. The van der Waals surface area contributed by atoms with Crippen LogP contribution in [-0.2, 0) is 10.2 Å². The average molecular weight is 277 g/mol. The summed E-state index contributed by atoms with van der Waals surface area (Å²) >= 11 is 0. The van der Waals surface area contributed by atoms with Gasteiger partial charge in [0.2, 0.25) is 0 Å². The number of hydrogen-bond acceptors (Lipinski definition) is 4. The van der Waals surface area contributed by atoms with Crippen LogP contribution in [0.15, 0.2) is 0 Å². The zero-order chi connectivity index (χ0) is 13.2. The molecular formula is C11H23N3O3S. The summed E-state index contributed by atoms with van der Waals surface area (Å²) in [5.41, 5.74) is 0. The van der Waals surface area contributed by atoms with E-state index in [2.05, 4.69) is 9.62 Å². The van der Waals surface area contributed by atoms with Crippen LogP contribution in [0.1, 0.15) is 25.7 Å². The molecule has 7 heteroatoms. The van der Waals surface area contributed by atoms with Crippen molar-refractivity contribution in [2.45, 2.75) is 37.8 Å². The molecule has 1 atom stereocenters. The highest BCUT2D eigenvalue weighted by atomic mass is 32.2. The van der Waals surface area contributed by atoms with Crippen LogP contribution in [0.4, 0.5) is 0 Å². The Hall–Kier alpha value is -0.210. The Balaban J connectivity index is 1.80. The highest BCUT2D eigenvalue weighted by molar-refractivity contribution is 7.87. The smallest absolute Gasteiger partial charge is 0.279 e. The lowest BCUT2D eigenvalue weighted by Gasteiger charge is -2.21. The van der Waals surface area contributed by atoms with E-state index in [1.54, 1.807) is 7.05 Å². The minimum absolute atomic E-state index is 0.0126. The third-order valence-corrected chi connectivity index (χ3v) is 5.27. The van der Waals surface area contributed by atoms with Crippen molar-refractivity contribution >= 4 is 10.2 Å². The van der Waals surface area contributed by atoms with Gasteiger partial charge in [-0.1, -0.05) is 0 Å². The number of aliphatic hydroxyl groups is 1. The zero-order valence-corrected chi connectivity index (χ0v) is 11.7. The second-order valence-corrected chi connectivity index (χ2v) is 7.04. The fraction of sp³-hybridized carbons (Fsp3) is 1.00. The SMILES string of the molecule is CN(CCCO)S(=O)(=O)NC1CCN(C2CC2)C1. The van der Waals surface area contributed by atoms with Crippen LogP contribution in [0.25, 0.3) is 0 Å². The maximum absolute atomic E-state index is 12.0. The molecule has 106 valence electrons. The summed E-state index contributed by atoms with van der Waals surface area (Å²) in [6.45, 7) is 2.19. The van der Waals surface area contributed by atoms with E-state index in [0.29, 0.717) is 19.0 Å². The number of nitrogens with one attached hydrogen (secondary N) is 1. The first kappa shape index (κ1) is 14.2. The molecule has 2 N–H and O–H groups in total. The molecule has 1 aliphatic carbocycles. The number of rotatable bonds is 7. The van der Waals surface area contributed by atoms with Gasteiger partial charge in [-0.15, -0.1) is 0 Å². The van der Waals surface area contributed by atoms with E-state index in [1.165, 1.54) is 17.1 Å². The van der Waals surface area contributed by atoms with Crippen molar-refractivity contribution in [1.29, 1.82) is 0 Å². The molecule has 0 amide bonds. The van der Waals surface area contributed by atoms with Gasteiger partial charge in [0, 0.05) is 45.4 Å². The average Bonchev–Trinajstić information content (AvgIpc) is 3.07. The van der Waals surface area contributed by atoms with Crippen molar-refractivity contribution in [2.75, 3.05) is 33.3 Å². The molecule has 0 spiro atoms. The number of nitrogens with zero attached hydrogens (tertiary/aromatic N) is 2. The van der Waals surface area contributed by atoms with E-state index in [-0.39, 0.29) is 12.6 Å². The van der Waals surface area contributed by atoms with Crippen molar-refractivity contribution in [3.8, 4) is 0 Å². The molecule has 18 heavy (non-hydrogen) atoms. The summed E-state index contributed by atoms with van der Waals surface area (Å²) in [6, 6.07) is 0.735. The first-order valence-electron chi connectivity index (χ1n) is 6.61. The van der Waals surface area contributed by atoms with Gasteiger partial charge in [0.1, 0.15) is 0 Å². The van der Waals surface area contributed by atoms with Crippen molar-refractivity contribution in [1.82, 2.24) is 13.9 Å². The molecule has 0 aromatic carbocycles. The Labute approximate surface area is 109 Å². The van der Waals surface area contributed by atoms with Gasteiger partial charge in [0.25, 0.3) is 10.2 Å². The molecule has 0 aromatic heterocycles. The van der Waals surface area contributed by atoms with Gasteiger partial charge in [-0.25, -0.2) is 0 Å². The summed E-state index contributed by atoms with van der Waals surface area (Å²) in [5, 5.41) is 8.72. The summed E-state index contributed by atoms with van der Waals surface area (Å²) in [6.07, 6.45) is 3.88. The molecule has 0 radical (unpaired) electrons. The summed E-state index contributed by atoms with van der Waals surface area (Å²) in [5.74, 6) is 0. The van der Waals surface area contributed by atoms with Gasteiger partial charge in [0.15, 0.2) is 0 Å². The van der Waals surface area contributed by atoms with Crippen molar-refractivity contribution in [3.05, 3.63) is 0 Å². The van der Waals surface area contributed by atoms with E-state index in [9.17, 15) is 8.42 Å². The van der Waals surface area contributed by atoms with E-state index in [4.69, 9.17) is 5.11 Å². The standard InChI is InChI=1S/C11H23N3O3S/c1-13(6-2-8-15)18(16,17)12-10-5-7-14(9-10)11-3-4-11/h10-12,15H,2-9H2,1H3. The minimum atomic E-state index is -3.40. The number of likely N-dealkylation sites (tertiary alicyclic amines) is 1. The highest BCUT2D eigenvalue weighted by Gasteiger charge is 2.36. The first-order valence-corrected chi connectivity index (χ1v) is 8.05. The van der Waals surface area contributed by atoms with E-state index in [1.807, 2.05) is 0 Å². The molecule has 1 saturated carbocycles. The molecule has 2 fully saturated rings. The quantitative estimate of drug-likeness (QED) is 0.650. The highest BCUT2D eigenvalue weighted by Crippen LogP contribution is 2.29. The fourth-order valence-electron chi connectivity index (χ4n) is 2.37. The Morgan fingerprint density at radius 2 is 2.11 bits per heavy atom. The topological polar surface area (TPSA) is 72.9 Å². The van der Waals surface area contributed by atoms with Crippen molar-refractivity contribution in [3.63, 3.8) is 0 Å². The summed E-state index contributed by atoms with van der Waals surface area (Å²) < 4.78 is 28.0. The van der Waals surface area contributed by atoms with Crippen molar-refractivity contribution < 1.29 is 13.5 Å². The minimum Gasteiger partial charge on any atom is -0.396 e. The Morgan fingerprint density at radius 3 is 2.72 bits per heavy atom. The van der Waals surface area contributed by atoms with E-state index >= 15 is 0 Å². The molecule has 2 aliphatic rings. The normalized spacial score (nSPS) is 26.1. The number of hydrogen-bond donors (Lipinski definition) is 2. The number of aliphatic hydroxyl groups excluding tert-OH is 1. The molecule has 6 nitrogen and oxygen atoms in total. The molecule has 1 saturated heterocycles. The van der Waals surface area contributed by atoms with Gasteiger partial charge in [-0.05, 0) is 25.7 Å². The Morgan fingerprint density at radius 1 is 1.39 bits per heavy atom. The third-order valence-electron chi connectivity index (χ3n) is 3.64. The van der Waals surface area contributed by atoms with E-state index < -0.39 is 10.2 Å². The second kappa shape index (κ2) is 5.83. The van der Waals surface area contributed by atoms with Gasteiger partial charge in [-0.3, -0.25) is 4.90 Å². The lowest BCUT2D eigenvalue weighted by Crippen LogP contribution is -2.45. The van der Waals surface area contributed by atoms with E-state index in [0.717, 1.165) is 19.5 Å². The molecule has 0 aromatic rings. The lowest BCUT2D eigenvalue weighted by molar-refractivity contribution is 0.275. The maximum Gasteiger partial charge on any atom is 0.279 e. The predicted octanol–water partition coefficient (Wildman–Crippen LogP) is -0.628. The van der Waals surface area contributed by atoms with Gasteiger partial charge < -0.3 is 5.11 Å². The Bertz CT molecular complexity index is 370. The van der Waals surface area contributed by atoms with Gasteiger partial charge >= 0.3 is 0 Å². The van der Waals surface area contributed by atoms with Crippen LogP contribution in [0.3, 0.4) is 0 Å². The van der Waals surface area contributed by atoms with Crippen LogP contribution in [0.5, 0.6) is 0 Å². The monoisotopic (exact) mass is 277 g/mol. The molecule has 2 rings (SSSR count). The first-order chi connectivity index (χ1) is 8.53. The predicted molar refractivity (Wildman–Crippen MR) is 69.4 cm³/mol. The molecule has 1 aliphatic heterocycles. The van der Waals surface area contributed by atoms with Crippen LogP contribution in [0, 0.1) is 0 Å². The fourth-order valence-corrected chi connectivity index (χ4v) is 3.53. The summed E-state index contributed by atoms with van der Waals surface area (Å²) in [4.78, 5) is 2.38. The molecule has 0 bridgehead atoms. The summed E-state index contributed by atoms with van der Waals surface area (Å²) in [7, 11) is -1.85. The second-order valence-electron chi connectivity index (χ2n) is 5.23. The molecular weight excluding hydrogens is 254 g/mol. The zero-order valence-electron chi connectivity index (χ0n) is 10.9. The van der Waals surface area contributed by atoms with Crippen LogP contribution < -0.4 is 4.72 Å². The van der Waals surface area contributed by atoms with Crippen LogP contribution in [-0.4, -0.2) is 68.1 Å². The lowest BCUT2D eigenvalue weighted by atomic mass is 10.3. The van der Waals surface area contributed by atoms with Crippen LogP contribution >= 0.6 is 0 Å². The molecule has 1 unspecified atom stereocenters. The van der Waals surface area contributed by atoms with Crippen molar-refractivity contribution in [2.24, 2.45) is 0 Å². The molecule has 1 heterocycles. The van der Waals surface area contributed by atoms with Crippen LogP contribution in [0.2, 0.25) is 0 Å². The maximum atomic E-state index is 12.0. The Kier molecular flexibility index (Phi) is 4.60.